The van der Waals surface area contributed by atoms with E-state index in [1.165, 1.54) is 38.3 Å². The van der Waals surface area contributed by atoms with Crippen LogP contribution in [-0.4, -0.2) is 36.8 Å². The number of nitrogens with zero attached hydrogens (tertiary/aromatic N) is 2. The van der Waals surface area contributed by atoms with Gasteiger partial charge in [-0.15, -0.1) is 0 Å². The lowest BCUT2D eigenvalue weighted by Gasteiger charge is -2.14. The van der Waals surface area contributed by atoms with Crippen LogP contribution in [0.3, 0.4) is 0 Å². The molecule has 0 saturated heterocycles. The molecule has 0 fully saturated rings. The SMILES string of the molecule is CCc1cc(=O)n(CC(=O)Nc2cc(OC)c(OC)c(OC)c2)cn1. The van der Waals surface area contributed by atoms with E-state index in [0.29, 0.717) is 35.1 Å². The third-order valence-corrected chi connectivity index (χ3v) is 3.56. The summed E-state index contributed by atoms with van der Waals surface area (Å²) in [7, 11) is 4.48. The van der Waals surface area contributed by atoms with E-state index >= 15 is 0 Å². The number of hydrogen-bond acceptors (Lipinski definition) is 6. The second-order valence-electron chi connectivity index (χ2n) is 5.16. The standard InChI is InChI=1S/C17H21N3O5/c1-5-11-8-16(22)20(10-18-11)9-15(21)19-12-6-13(23-2)17(25-4)14(7-12)24-3/h6-8,10H,5,9H2,1-4H3,(H,19,21). The van der Waals surface area contributed by atoms with Gasteiger partial charge < -0.3 is 19.5 Å². The van der Waals surface area contributed by atoms with Crippen LogP contribution >= 0.6 is 0 Å². The van der Waals surface area contributed by atoms with E-state index < -0.39 is 0 Å². The lowest BCUT2D eigenvalue weighted by atomic mass is 10.2. The highest BCUT2D eigenvalue weighted by molar-refractivity contribution is 5.91. The van der Waals surface area contributed by atoms with Crippen molar-refractivity contribution >= 4 is 11.6 Å². The van der Waals surface area contributed by atoms with Crippen molar-refractivity contribution in [1.29, 1.82) is 0 Å². The van der Waals surface area contributed by atoms with Crippen LogP contribution in [0.2, 0.25) is 0 Å². The van der Waals surface area contributed by atoms with Crippen LogP contribution < -0.4 is 25.1 Å². The lowest BCUT2D eigenvalue weighted by Crippen LogP contribution is -2.27. The molecule has 0 unspecified atom stereocenters. The normalized spacial score (nSPS) is 10.2. The van der Waals surface area contributed by atoms with Crippen LogP contribution in [0.25, 0.3) is 0 Å². The summed E-state index contributed by atoms with van der Waals surface area (Å²) >= 11 is 0. The van der Waals surface area contributed by atoms with Gasteiger partial charge in [-0.1, -0.05) is 6.92 Å². The molecule has 0 saturated carbocycles. The third kappa shape index (κ3) is 4.28. The fourth-order valence-electron chi connectivity index (χ4n) is 2.28. The van der Waals surface area contributed by atoms with Crippen molar-refractivity contribution in [2.24, 2.45) is 0 Å². The number of methoxy groups -OCH3 is 3. The Bertz CT molecular complexity index is 791. The molecular weight excluding hydrogens is 326 g/mol. The molecule has 1 N–H and O–H groups in total. The quantitative estimate of drug-likeness (QED) is 0.815. The Kier molecular flexibility index (Phi) is 5.99. The molecule has 2 aromatic rings. The number of carbonyl (C=O) groups is 1. The molecule has 1 aromatic heterocycles. The van der Waals surface area contributed by atoms with Crippen LogP contribution in [0.5, 0.6) is 17.2 Å². The highest BCUT2D eigenvalue weighted by atomic mass is 16.5. The maximum Gasteiger partial charge on any atom is 0.253 e. The molecule has 0 aliphatic carbocycles. The molecule has 1 aromatic carbocycles. The van der Waals surface area contributed by atoms with Crippen molar-refractivity contribution in [2.75, 3.05) is 26.6 Å². The first-order chi connectivity index (χ1) is 12.0. The fraction of sp³-hybridized carbons (Fsp3) is 0.353. The first-order valence-corrected chi connectivity index (χ1v) is 7.67. The fourth-order valence-corrected chi connectivity index (χ4v) is 2.28. The van der Waals surface area contributed by atoms with Crippen LogP contribution in [-0.2, 0) is 17.8 Å². The second-order valence-corrected chi connectivity index (χ2v) is 5.16. The number of rotatable bonds is 7. The van der Waals surface area contributed by atoms with E-state index in [-0.39, 0.29) is 18.0 Å². The van der Waals surface area contributed by atoms with E-state index in [0.717, 1.165) is 0 Å². The maximum absolute atomic E-state index is 12.2. The van der Waals surface area contributed by atoms with Gasteiger partial charge in [-0.2, -0.15) is 0 Å². The summed E-state index contributed by atoms with van der Waals surface area (Å²) in [5.74, 6) is 0.896. The molecule has 1 heterocycles. The molecule has 134 valence electrons. The molecule has 2 rings (SSSR count). The highest BCUT2D eigenvalue weighted by Gasteiger charge is 2.15. The number of aryl methyl sites for hydroxylation is 1. The summed E-state index contributed by atoms with van der Waals surface area (Å²) in [4.78, 5) is 28.3. The lowest BCUT2D eigenvalue weighted by molar-refractivity contribution is -0.116. The second kappa shape index (κ2) is 8.18. The average molecular weight is 347 g/mol. The molecule has 0 bridgehead atoms. The number of benzene rings is 1. The Morgan fingerprint density at radius 1 is 1.12 bits per heavy atom. The highest BCUT2D eigenvalue weighted by Crippen LogP contribution is 2.39. The van der Waals surface area contributed by atoms with Crippen molar-refractivity contribution in [2.45, 2.75) is 19.9 Å². The van der Waals surface area contributed by atoms with E-state index in [9.17, 15) is 9.59 Å². The van der Waals surface area contributed by atoms with Crippen molar-refractivity contribution in [1.82, 2.24) is 9.55 Å². The molecule has 0 aliphatic rings. The number of carbonyl (C=O) groups excluding carboxylic acids is 1. The number of hydrogen-bond donors (Lipinski definition) is 1. The molecule has 0 aliphatic heterocycles. The van der Waals surface area contributed by atoms with Crippen LogP contribution in [0.15, 0.2) is 29.3 Å². The number of anilines is 1. The van der Waals surface area contributed by atoms with E-state index in [1.807, 2.05) is 6.92 Å². The Morgan fingerprint density at radius 3 is 2.24 bits per heavy atom. The smallest absolute Gasteiger partial charge is 0.253 e. The molecule has 0 radical (unpaired) electrons. The molecule has 1 amide bonds. The monoisotopic (exact) mass is 347 g/mol. The van der Waals surface area contributed by atoms with Crippen molar-refractivity contribution in [3.05, 3.63) is 40.6 Å². The first kappa shape index (κ1) is 18.3. The number of ether oxygens (including phenoxy) is 3. The van der Waals surface area contributed by atoms with Gasteiger partial charge >= 0.3 is 0 Å². The number of aromatic nitrogens is 2. The van der Waals surface area contributed by atoms with Gasteiger partial charge in [-0.3, -0.25) is 14.2 Å². The minimum Gasteiger partial charge on any atom is -0.493 e. The number of nitrogens with one attached hydrogen (secondary N) is 1. The molecule has 0 spiro atoms. The summed E-state index contributed by atoms with van der Waals surface area (Å²) in [6.07, 6.45) is 2.03. The van der Waals surface area contributed by atoms with Gasteiger partial charge in [0.1, 0.15) is 6.54 Å². The predicted octanol–water partition coefficient (Wildman–Crippen LogP) is 1.47. The van der Waals surface area contributed by atoms with E-state index in [2.05, 4.69) is 10.3 Å². The largest absolute Gasteiger partial charge is 0.493 e. The third-order valence-electron chi connectivity index (χ3n) is 3.56. The van der Waals surface area contributed by atoms with Gasteiger partial charge in [-0.25, -0.2) is 4.98 Å². The maximum atomic E-state index is 12.2. The molecular formula is C17H21N3O5. The van der Waals surface area contributed by atoms with Gasteiger partial charge in [0.15, 0.2) is 11.5 Å². The predicted molar refractivity (Wildman–Crippen MR) is 92.6 cm³/mol. The van der Waals surface area contributed by atoms with Gasteiger partial charge in [0.25, 0.3) is 5.56 Å². The van der Waals surface area contributed by atoms with Gasteiger partial charge in [0, 0.05) is 29.6 Å². The zero-order chi connectivity index (χ0) is 18.4. The molecule has 0 atom stereocenters. The van der Waals surface area contributed by atoms with Crippen LogP contribution in [0.1, 0.15) is 12.6 Å². The van der Waals surface area contributed by atoms with Gasteiger partial charge in [0.05, 0.1) is 27.7 Å². The van der Waals surface area contributed by atoms with Gasteiger partial charge in [-0.05, 0) is 6.42 Å². The Labute approximate surface area is 145 Å². The van der Waals surface area contributed by atoms with Crippen LogP contribution in [0, 0.1) is 0 Å². The summed E-state index contributed by atoms with van der Waals surface area (Å²) in [6.45, 7) is 1.76. The molecule has 8 nitrogen and oxygen atoms in total. The average Bonchev–Trinajstić information content (AvgIpc) is 2.62. The van der Waals surface area contributed by atoms with E-state index in [4.69, 9.17) is 14.2 Å². The zero-order valence-electron chi connectivity index (χ0n) is 14.7. The van der Waals surface area contributed by atoms with Crippen molar-refractivity contribution in [3.63, 3.8) is 0 Å². The van der Waals surface area contributed by atoms with Gasteiger partial charge in [0.2, 0.25) is 11.7 Å². The zero-order valence-corrected chi connectivity index (χ0v) is 14.7. The minimum absolute atomic E-state index is 0.146. The van der Waals surface area contributed by atoms with E-state index in [1.54, 1.807) is 12.1 Å². The summed E-state index contributed by atoms with van der Waals surface area (Å²) in [5.41, 5.74) is 0.879. The summed E-state index contributed by atoms with van der Waals surface area (Å²) < 4.78 is 17.0. The van der Waals surface area contributed by atoms with Crippen LogP contribution in [0.4, 0.5) is 5.69 Å². The Morgan fingerprint density at radius 2 is 1.76 bits per heavy atom. The molecule has 25 heavy (non-hydrogen) atoms. The van der Waals surface area contributed by atoms with Crippen molar-refractivity contribution < 1.29 is 19.0 Å². The minimum atomic E-state index is -0.373. The topological polar surface area (TPSA) is 91.7 Å². The number of amides is 1. The van der Waals surface area contributed by atoms with Crippen molar-refractivity contribution in [3.8, 4) is 17.2 Å². The Hall–Kier alpha value is -3.03. The summed E-state index contributed by atoms with van der Waals surface area (Å²) in [6, 6.07) is 4.65. The Balaban J connectivity index is 2.19. The first-order valence-electron chi connectivity index (χ1n) is 7.67. The molecule has 8 heteroatoms. The summed E-state index contributed by atoms with van der Waals surface area (Å²) in [5, 5.41) is 2.70.